The van der Waals surface area contributed by atoms with E-state index in [1.54, 1.807) is 6.92 Å². The van der Waals surface area contributed by atoms with E-state index in [4.69, 9.17) is 5.11 Å². The number of aromatic nitrogens is 1. The summed E-state index contributed by atoms with van der Waals surface area (Å²) in [5.74, 6) is -0.384. The number of aliphatic hydroxyl groups is 1. The van der Waals surface area contributed by atoms with Crippen molar-refractivity contribution in [2.24, 2.45) is 0 Å². The van der Waals surface area contributed by atoms with Gasteiger partial charge in [-0.3, -0.25) is 9.59 Å². The Bertz CT molecular complexity index is 411. The Morgan fingerprint density at radius 1 is 1.60 bits per heavy atom. The highest BCUT2D eigenvalue weighted by atomic mass is 16.3. The van der Waals surface area contributed by atoms with Crippen molar-refractivity contribution >= 4 is 5.91 Å². The number of nitrogens with one attached hydrogen (secondary N) is 1. The van der Waals surface area contributed by atoms with Gasteiger partial charge in [-0.15, -0.1) is 0 Å². The van der Waals surface area contributed by atoms with Crippen LogP contribution in [0.25, 0.3) is 0 Å². The van der Waals surface area contributed by atoms with Crippen molar-refractivity contribution in [2.45, 2.75) is 6.92 Å². The molecule has 5 heteroatoms. The molecule has 1 aromatic heterocycles. The Morgan fingerprint density at radius 2 is 2.27 bits per heavy atom. The molecular weight excluding hydrogens is 196 g/mol. The highest BCUT2D eigenvalue weighted by Crippen LogP contribution is 1.97. The molecule has 1 heterocycles. The van der Waals surface area contributed by atoms with Crippen molar-refractivity contribution in [1.29, 1.82) is 0 Å². The molecule has 0 saturated carbocycles. The third kappa shape index (κ3) is 2.66. The Hall–Kier alpha value is -1.62. The van der Waals surface area contributed by atoms with Crippen LogP contribution in [0, 0.1) is 6.92 Å². The van der Waals surface area contributed by atoms with Gasteiger partial charge in [0.2, 0.25) is 0 Å². The van der Waals surface area contributed by atoms with Crippen LogP contribution in [0.4, 0.5) is 0 Å². The fourth-order valence-corrected chi connectivity index (χ4v) is 1.20. The smallest absolute Gasteiger partial charge is 0.259 e. The first-order chi connectivity index (χ1) is 7.06. The molecule has 2 N–H and O–H groups in total. The van der Waals surface area contributed by atoms with E-state index >= 15 is 0 Å². The van der Waals surface area contributed by atoms with Gasteiger partial charge in [0, 0.05) is 31.5 Å². The fourth-order valence-electron chi connectivity index (χ4n) is 1.20. The molecule has 0 radical (unpaired) electrons. The van der Waals surface area contributed by atoms with Crippen molar-refractivity contribution in [3.05, 3.63) is 33.7 Å². The van der Waals surface area contributed by atoms with E-state index in [0.29, 0.717) is 5.69 Å². The number of rotatable bonds is 3. The Labute approximate surface area is 87.4 Å². The minimum Gasteiger partial charge on any atom is -0.395 e. The molecule has 1 rings (SSSR count). The second-order valence-electron chi connectivity index (χ2n) is 3.34. The molecule has 0 aliphatic rings. The molecule has 5 nitrogen and oxygen atoms in total. The monoisotopic (exact) mass is 210 g/mol. The van der Waals surface area contributed by atoms with Gasteiger partial charge in [-0.2, -0.15) is 0 Å². The van der Waals surface area contributed by atoms with Crippen LogP contribution in [0.2, 0.25) is 0 Å². The number of hydrogen-bond acceptors (Lipinski definition) is 3. The molecule has 1 amide bonds. The molecule has 0 fully saturated rings. The van der Waals surface area contributed by atoms with Gasteiger partial charge in [0.25, 0.3) is 5.91 Å². The molecule has 0 aliphatic heterocycles. The number of amides is 1. The molecule has 1 aromatic rings. The summed E-state index contributed by atoms with van der Waals surface area (Å²) in [4.78, 5) is 27.2. The fraction of sp³-hybridized carbons (Fsp3) is 0.400. The molecule has 0 aliphatic carbocycles. The van der Waals surface area contributed by atoms with Gasteiger partial charge in [-0.25, -0.2) is 0 Å². The van der Waals surface area contributed by atoms with Crippen LogP contribution in [0.5, 0.6) is 0 Å². The zero-order chi connectivity index (χ0) is 11.4. The number of H-pyrrole nitrogens is 1. The average Bonchev–Trinajstić information content (AvgIpc) is 2.17. The number of aliphatic hydroxyl groups excluding tert-OH is 1. The van der Waals surface area contributed by atoms with Crippen LogP contribution >= 0.6 is 0 Å². The summed E-state index contributed by atoms with van der Waals surface area (Å²) in [5, 5.41) is 8.67. The number of aromatic amines is 1. The molecule has 0 saturated heterocycles. The van der Waals surface area contributed by atoms with E-state index in [-0.39, 0.29) is 30.1 Å². The van der Waals surface area contributed by atoms with Crippen molar-refractivity contribution in [3.8, 4) is 0 Å². The normalized spacial score (nSPS) is 10.1. The van der Waals surface area contributed by atoms with Crippen LogP contribution in [0.3, 0.4) is 0 Å². The van der Waals surface area contributed by atoms with Crippen LogP contribution in [0.15, 0.2) is 17.1 Å². The predicted octanol–water partition coefficient (Wildman–Crippen LogP) is -0.252. The van der Waals surface area contributed by atoms with E-state index in [1.807, 2.05) is 0 Å². The third-order valence-electron chi connectivity index (χ3n) is 2.07. The number of carbonyl (C=O) groups excluding carboxylic acids is 1. The average molecular weight is 210 g/mol. The lowest BCUT2D eigenvalue weighted by molar-refractivity contribution is 0.0765. The Kier molecular flexibility index (Phi) is 3.62. The summed E-state index contributed by atoms with van der Waals surface area (Å²) in [7, 11) is 1.54. The highest BCUT2D eigenvalue weighted by molar-refractivity contribution is 5.93. The second kappa shape index (κ2) is 4.75. The van der Waals surface area contributed by atoms with Gasteiger partial charge < -0.3 is 15.0 Å². The molecule has 15 heavy (non-hydrogen) atoms. The maximum atomic E-state index is 11.7. The topological polar surface area (TPSA) is 73.4 Å². The number of nitrogens with zero attached hydrogens (tertiary/aromatic N) is 1. The summed E-state index contributed by atoms with van der Waals surface area (Å²) in [6.07, 6.45) is 1.40. The lowest BCUT2D eigenvalue weighted by Crippen LogP contribution is -2.33. The van der Waals surface area contributed by atoms with Crippen molar-refractivity contribution in [2.75, 3.05) is 20.2 Å². The predicted molar refractivity (Wildman–Crippen MR) is 55.8 cm³/mol. The van der Waals surface area contributed by atoms with E-state index in [0.717, 1.165) is 0 Å². The summed E-state index contributed by atoms with van der Waals surface area (Å²) in [6, 6.07) is 1.38. The number of carbonyl (C=O) groups is 1. The summed E-state index contributed by atoms with van der Waals surface area (Å²) in [5.41, 5.74) is 0.499. The minimum atomic E-state index is -0.384. The quantitative estimate of drug-likeness (QED) is 0.722. The van der Waals surface area contributed by atoms with Crippen LogP contribution in [-0.2, 0) is 0 Å². The molecule has 0 spiro atoms. The molecular formula is C10H14N2O3. The number of likely N-dealkylation sites (N-methyl/N-ethyl adjacent to an activating group) is 1. The number of hydrogen-bond donors (Lipinski definition) is 2. The summed E-state index contributed by atoms with van der Waals surface area (Å²) in [6.45, 7) is 1.84. The van der Waals surface area contributed by atoms with Crippen LogP contribution in [-0.4, -0.2) is 41.1 Å². The Morgan fingerprint density at radius 3 is 2.80 bits per heavy atom. The van der Waals surface area contributed by atoms with Crippen molar-refractivity contribution in [1.82, 2.24) is 9.88 Å². The largest absolute Gasteiger partial charge is 0.395 e. The van der Waals surface area contributed by atoms with Gasteiger partial charge in [-0.1, -0.05) is 0 Å². The lowest BCUT2D eigenvalue weighted by atomic mass is 10.2. The van der Waals surface area contributed by atoms with Gasteiger partial charge >= 0.3 is 0 Å². The van der Waals surface area contributed by atoms with E-state index in [2.05, 4.69) is 4.98 Å². The first-order valence-corrected chi connectivity index (χ1v) is 4.62. The summed E-state index contributed by atoms with van der Waals surface area (Å²) >= 11 is 0. The molecule has 0 aromatic carbocycles. The van der Waals surface area contributed by atoms with E-state index in [9.17, 15) is 9.59 Å². The van der Waals surface area contributed by atoms with E-state index < -0.39 is 0 Å². The zero-order valence-corrected chi connectivity index (χ0v) is 8.78. The maximum Gasteiger partial charge on any atom is 0.259 e. The maximum absolute atomic E-state index is 11.7. The molecule has 82 valence electrons. The minimum absolute atomic E-state index is 0.0940. The first-order valence-electron chi connectivity index (χ1n) is 4.62. The molecule has 0 unspecified atom stereocenters. The Balaban J connectivity index is 2.96. The van der Waals surface area contributed by atoms with Crippen molar-refractivity contribution in [3.63, 3.8) is 0 Å². The first kappa shape index (κ1) is 11.5. The van der Waals surface area contributed by atoms with Gasteiger partial charge in [0.15, 0.2) is 5.43 Å². The third-order valence-corrected chi connectivity index (χ3v) is 2.07. The highest BCUT2D eigenvalue weighted by Gasteiger charge is 2.14. The van der Waals surface area contributed by atoms with E-state index in [1.165, 1.54) is 24.2 Å². The van der Waals surface area contributed by atoms with Gasteiger partial charge in [0.05, 0.1) is 6.61 Å². The standard InChI is InChI=1S/C10H14N2O3/c1-7-5-9(14)8(6-11-7)10(15)12(2)3-4-13/h5-6,13H,3-4H2,1-2H3,(H,11,14). The van der Waals surface area contributed by atoms with Gasteiger partial charge in [-0.05, 0) is 6.92 Å². The second-order valence-corrected chi connectivity index (χ2v) is 3.34. The zero-order valence-electron chi connectivity index (χ0n) is 8.78. The van der Waals surface area contributed by atoms with Crippen LogP contribution < -0.4 is 5.43 Å². The number of aryl methyl sites for hydroxylation is 1. The molecule has 0 atom stereocenters. The van der Waals surface area contributed by atoms with Gasteiger partial charge in [0.1, 0.15) is 5.56 Å². The molecule has 0 bridgehead atoms. The summed E-state index contributed by atoms with van der Waals surface area (Å²) < 4.78 is 0. The number of pyridine rings is 1. The SMILES string of the molecule is Cc1cc(=O)c(C(=O)N(C)CCO)c[nH]1. The van der Waals surface area contributed by atoms with Crippen molar-refractivity contribution < 1.29 is 9.90 Å². The lowest BCUT2D eigenvalue weighted by Gasteiger charge is -2.14. The van der Waals surface area contributed by atoms with Crippen LogP contribution in [0.1, 0.15) is 16.1 Å².